The van der Waals surface area contributed by atoms with Crippen LogP contribution in [0.4, 0.5) is 0 Å². The van der Waals surface area contributed by atoms with Crippen molar-refractivity contribution in [1.29, 1.82) is 0 Å². The third-order valence-electron chi connectivity index (χ3n) is 3.43. The molecule has 0 aromatic heterocycles. The molecule has 0 spiro atoms. The summed E-state index contributed by atoms with van der Waals surface area (Å²) >= 11 is 0. The standard InChI is InChI=1S/C15H36N4/c1-14(6-11-18-9-4-7-16)12-15(2,3)13-19-10-5-8-17/h14,18-19H,4-13,16-17H2,1-3H3. The molecule has 0 aliphatic carbocycles. The van der Waals surface area contributed by atoms with Crippen LogP contribution < -0.4 is 22.1 Å². The van der Waals surface area contributed by atoms with Crippen LogP contribution in [0.5, 0.6) is 0 Å². The highest BCUT2D eigenvalue weighted by atomic mass is 14.9. The molecule has 0 aromatic rings. The van der Waals surface area contributed by atoms with E-state index in [-0.39, 0.29) is 0 Å². The van der Waals surface area contributed by atoms with Gasteiger partial charge in [-0.05, 0) is 69.7 Å². The molecule has 1 unspecified atom stereocenters. The Balaban J connectivity index is 3.61. The maximum atomic E-state index is 5.49. The van der Waals surface area contributed by atoms with Crippen molar-refractivity contribution in [3.63, 3.8) is 0 Å². The molecule has 116 valence electrons. The first-order chi connectivity index (χ1) is 9.02. The Morgan fingerprint density at radius 3 is 2.11 bits per heavy atom. The molecular weight excluding hydrogens is 236 g/mol. The van der Waals surface area contributed by atoms with Gasteiger partial charge in [-0.2, -0.15) is 0 Å². The van der Waals surface area contributed by atoms with E-state index in [1.165, 1.54) is 12.8 Å². The van der Waals surface area contributed by atoms with Gasteiger partial charge in [0.1, 0.15) is 0 Å². The lowest BCUT2D eigenvalue weighted by molar-refractivity contribution is 0.256. The summed E-state index contributed by atoms with van der Waals surface area (Å²) in [6, 6.07) is 0. The number of hydrogen-bond acceptors (Lipinski definition) is 4. The zero-order valence-electron chi connectivity index (χ0n) is 13.3. The molecule has 4 nitrogen and oxygen atoms in total. The van der Waals surface area contributed by atoms with Crippen LogP contribution in [0, 0.1) is 11.3 Å². The third-order valence-corrected chi connectivity index (χ3v) is 3.43. The van der Waals surface area contributed by atoms with Crippen molar-refractivity contribution >= 4 is 0 Å². The monoisotopic (exact) mass is 272 g/mol. The van der Waals surface area contributed by atoms with Crippen molar-refractivity contribution in [2.24, 2.45) is 22.8 Å². The Hall–Kier alpha value is -0.160. The first-order valence-corrected chi connectivity index (χ1v) is 7.83. The van der Waals surface area contributed by atoms with Crippen LogP contribution in [0.3, 0.4) is 0 Å². The first kappa shape index (κ1) is 18.8. The fourth-order valence-corrected chi connectivity index (χ4v) is 2.47. The summed E-state index contributed by atoms with van der Waals surface area (Å²) in [6.07, 6.45) is 4.65. The van der Waals surface area contributed by atoms with Gasteiger partial charge in [0.25, 0.3) is 0 Å². The molecule has 0 aromatic carbocycles. The number of nitrogens with two attached hydrogens (primary N) is 2. The van der Waals surface area contributed by atoms with E-state index in [4.69, 9.17) is 11.5 Å². The van der Waals surface area contributed by atoms with E-state index < -0.39 is 0 Å². The predicted molar refractivity (Wildman–Crippen MR) is 85.3 cm³/mol. The van der Waals surface area contributed by atoms with Gasteiger partial charge < -0.3 is 22.1 Å². The average molecular weight is 272 g/mol. The molecule has 0 rings (SSSR count). The second-order valence-corrected chi connectivity index (χ2v) is 6.47. The van der Waals surface area contributed by atoms with E-state index in [0.717, 1.165) is 58.0 Å². The molecule has 1 atom stereocenters. The predicted octanol–water partition coefficient (Wildman–Crippen LogP) is 1.31. The smallest absolute Gasteiger partial charge is 0.000263 e. The summed E-state index contributed by atoms with van der Waals surface area (Å²) in [5.41, 5.74) is 11.3. The van der Waals surface area contributed by atoms with Gasteiger partial charge in [-0.1, -0.05) is 20.8 Å². The molecule has 0 aliphatic heterocycles. The quantitative estimate of drug-likeness (QED) is 0.381. The Kier molecular flexibility index (Phi) is 11.6. The van der Waals surface area contributed by atoms with E-state index in [9.17, 15) is 0 Å². The lowest BCUT2D eigenvalue weighted by atomic mass is 9.82. The van der Waals surface area contributed by atoms with Gasteiger partial charge in [0.2, 0.25) is 0 Å². The van der Waals surface area contributed by atoms with E-state index in [1.807, 2.05) is 0 Å². The normalized spacial score (nSPS) is 13.7. The van der Waals surface area contributed by atoms with Gasteiger partial charge in [0.15, 0.2) is 0 Å². The van der Waals surface area contributed by atoms with Crippen LogP contribution in [0.25, 0.3) is 0 Å². The van der Waals surface area contributed by atoms with Crippen LogP contribution in [-0.4, -0.2) is 39.3 Å². The summed E-state index contributed by atoms with van der Waals surface area (Å²) in [5.74, 6) is 0.761. The summed E-state index contributed by atoms with van der Waals surface area (Å²) in [6.45, 7) is 12.9. The molecule has 0 radical (unpaired) electrons. The van der Waals surface area contributed by atoms with Crippen molar-refractivity contribution < 1.29 is 0 Å². The SMILES string of the molecule is CC(CCNCCCN)CC(C)(C)CNCCCN. The van der Waals surface area contributed by atoms with Crippen LogP contribution in [0.1, 0.15) is 46.5 Å². The average Bonchev–Trinajstić information content (AvgIpc) is 2.34. The van der Waals surface area contributed by atoms with Crippen molar-refractivity contribution in [2.75, 3.05) is 39.3 Å². The second-order valence-electron chi connectivity index (χ2n) is 6.47. The van der Waals surface area contributed by atoms with Gasteiger partial charge in [-0.25, -0.2) is 0 Å². The molecule has 0 fully saturated rings. The highest BCUT2D eigenvalue weighted by Crippen LogP contribution is 2.26. The molecule has 0 amide bonds. The maximum Gasteiger partial charge on any atom is 0.000263 e. The van der Waals surface area contributed by atoms with Crippen molar-refractivity contribution in [3.05, 3.63) is 0 Å². The molecular formula is C15H36N4. The fourth-order valence-electron chi connectivity index (χ4n) is 2.47. The molecule has 4 heteroatoms. The number of hydrogen-bond donors (Lipinski definition) is 4. The summed E-state index contributed by atoms with van der Waals surface area (Å²) in [7, 11) is 0. The molecule has 6 N–H and O–H groups in total. The Labute approximate surface area is 120 Å². The van der Waals surface area contributed by atoms with Gasteiger partial charge in [0.05, 0.1) is 0 Å². The highest BCUT2D eigenvalue weighted by molar-refractivity contribution is 4.75. The van der Waals surface area contributed by atoms with Crippen LogP contribution in [0.2, 0.25) is 0 Å². The minimum Gasteiger partial charge on any atom is -0.330 e. The Bertz CT molecular complexity index is 195. The highest BCUT2D eigenvalue weighted by Gasteiger charge is 2.20. The zero-order valence-corrected chi connectivity index (χ0v) is 13.3. The molecule has 0 saturated heterocycles. The van der Waals surface area contributed by atoms with Gasteiger partial charge in [-0.15, -0.1) is 0 Å². The molecule has 19 heavy (non-hydrogen) atoms. The van der Waals surface area contributed by atoms with Crippen molar-refractivity contribution in [3.8, 4) is 0 Å². The van der Waals surface area contributed by atoms with E-state index in [1.54, 1.807) is 0 Å². The molecule has 0 heterocycles. The minimum atomic E-state index is 0.366. The Morgan fingerprint density at radius 2 is 1.53 bits per heavy atom. The van der Waals surface area contributed by atoms with Gasteiger partial charge in [-0.3, -0.25) is 0 Å². The summed E-state index contributed by atoms with van der Waals surface area (Å²) < 4.78 is 0. The van der Waals surface area contributed by atoms with Gasteiger partial charge in [0, 0.05) is 6.54 Å². The van der Waals surface area contributed by atoms with Gasteiger partial charge >= 0.3 is 0 Å². The van der Waals surface area contributed by atoms with Crippen LogP contribution >= 0.6 is 0 Å². The first-order valence-electron chi connectivity index (χ1n) is 7.83. The van der Waals surface area contributed by atoms with Crippen LogP contribution in [0.15, 0.2) is 0 Å². The van der Waals surface area contributed by atoms with E-state index in [0.29, 0.717) is 5.41 Å². The lowest BCUT2D eigenvalue weighted by Gasteiger charge is -2.28. The maximum absolute atomic E-state index is 5.49. The second kappa shape index (κ2) is 11.6. The minimum absolute atomic E-state index is 0.366. The Morgan fingerprint density at radius 1 is 0.947 bits per heavy atom. The zero-order chi connectivity index (χ0) is 14.6. The fraction of sp³-hybridized carbons (Fsp3) is 1.00. The number of nitrogens with one attached hydrogen (secondary N) is 2. The lowest BCUT2D eigenvalue weighted by Crippen LogP contribution is -2.32. The van der Waals surface area contributed by atoms with E-state index >= 15 is 0 Å². The van der Waals surface area contributed by atoms with Crippen molar-refractivity contribution in [2.45, 2.75) is 46.5 Å². The topological polar surface area (TPSA) is 76.1 Å². The molecule has 0 bridgehead atoms. The summed E-state index contributed by atoms with van der Waals surface area (Å²) in [4.78, 5) is 0. The molecule has 0 aliphatic rings. The van der Waals surface area contributed by atoms with Crippen molar-refractivity contribution in [1.82, 2.24) is 10.6 Å². The largest absolute Gasteiger partial charge is 0.330 e. The molecule has 0 saturated carbocycles. The van der Waals surface area contributed by atoms with Crippen LogP contribution in [-0.2, 0) is 0 Å². The third kappa shape index (κ3) is 12.6. The number of rotatable bonds is 13. The van der Waals surface area contributed by atoms with E-state index in [2.05, 4.69) is 31.4 Å². The summed E-state index contributed by atoms with van der Waals surface area (Å²) in [5, 5.41) is 6.96.